The van der Waals surface area contributed by atoms with Gasteiger partial charge in [0.1, 0.15) is 0 Å². The SMILES string of the molecule is CC[C@@H](C(=O)N(Cc1cc(NC(=O)CC(C)(C)C)ccc1N(C)C)CC(C)C)c1ccccc1. The number of rotatable bonds is 10. The lowest BCUT2D eigenvalue weighted by Crippen LogP contribution is -2.37. The van der Waals surface area contributed by atoms with Crippen molar-refractivity contribution in [3.8, 4) is 0 Å². The number of nitrogens with one attached hydrogen (secondary N) is 1. The largest absolute Gasteiger partial charge is 0.377 e. The third kappa shape index (κ3) is 8.19. The van der Waals surface area contributed by atoms with E-state index < -0.39 is 0 Å². The summed E-state index contributed by atoms with van der Waals surface area (Å²) in [5, 5.41) is 3.05. The summed E-state index contributed by atoms with van der Waals surface area (Å²) in [7, 11) is 4.01. The van der Waals surface area contributed by atoms with Crippen LogP contribution in [-0.2, 0) is 16.1 Å². The molecule has 0 fully saturated rings. The average molecular weight is 466 g/mol. The van der Waals surface area contributed by atoms with Gasteiger partial charge in [0.25, 0.3) is 0 Å². The minimum absolute atomic E-state index is 0.00120. The highest BCUT2D eigenvalue weighted by atomic mass is 16.2. The van der Waals surface area contributed by atoms with Gasteiger partial charge in [0.2, 0.25) is 11.8 Å². The first-order valence-corrected chi connectivity index (χ1v) is 12.3. The molecule has 2 rings (SSSR count). The molecule has 0 saturated carbocycles. The van der Waals surface area contributed by atoms with Crippen LogP contribution in [0.15, 0.2) is 48.5 Å². The quantitative estimate of drug-likeness (QED) is 0.448. The normalized spacial score (nSPS) is 12.4. The Morgan fingerprint density at radius 3 is 2.18 bits per heavy atom. The van der Waals surface area contributed by atoms with Crippen molar-refractivity contribution >= 4 is 23.2 Å². The Hall–Kier alpha value is -2.82. The van der Waals surface area contributed by atoms with E-state index in [0.717, 1.165) is 28.9 Å². The number of anilines is 2. The number of carbonyl (C=O) groups is 2. The fourth-order valence-corrected chi connectivity index (χ4v) is 4.25. The van der Waals surface area contributed by atoms with Crippen LogP contribution in [0.5, 0.6) is 0 Å². The molecule has 2 aromatic rings. The Labute approximate surface area is 206 Å². The summed E-state index contributed by atoms with van der Waals surface area (Å²) in [6, 6.07) is 16.0. The van der Waals surface area contributed by atoms with Gasteiger partial charge in [-0.15, -0.1) is 0 Å². The molecular weight excluding hydrogens is 422 g/mol. The van der Waals surface area contributed by atoms with Gasteiger partial charge in [-0.2, -0.15) is 0 Å². The van der Waals surface area contributed by atoms with Crippen LogP contribution in [-0.4, -0.2) is 37.4 Å². The lowest BCUT2D eigenvalue weighted by molar-refractivity contribution is -0.134. The van der Waals surface area contributed by atoms with E-state index in [4.69, 9.17) is 0 Å². The van der Waals surface area contributed by atoms with Crippen LogP contribution in [0.1, 0.15) is 71.4 Å². The van der Waals surface area contributed by atoms with Crippen molar-refractivity contribution in [1.82, 2.24) is 4.90 Å². The van der Waals surface area contributed by atoms with Gasteiger partial charge >= 0.3 is 0 Å². The average Bonchev–Trinajstić information content (AvgIpc) is 2.72. The van der Waals surface area contributed by atoms with E-state index in [1.807, 2.05) is 67.5 Å². The standard InChI is InChI=1S/C29H43N3O2/c1-9-25(22-13-11-10-12-14-22)28(34)32(19-21(2)3)20-23-17-24(15-16-26(23)31(7)8)30-27(33)18-29(4,5)6/h10-17,21,25H,9,18-20H2,1-8H3,(H,30,33)/t25-/m1/s1. The molecule has 5 heteroatoms. The van der Waals surface area contributed by atoms with Crippen LogP contribution in [0.2, 0.25) is 0 Å². The minimum atomic E-state index is -0.169. The smallest absolute Gasteiger partial charge is 0.230 e. The second kappa shape index (κ2) is 12.0. The maximum absolute atomic E-state index is 13.8. The molecule has 5 nitrogen and oxygen atoms in total. The number of nitrogens with zero attached hydrogens (tertiary/aromatic N) is 2. The Balaban J connectivity index is 2.37. The maximum atomic E-state index is 13.8. The first-order valence-electron chi connectivity index (χ1n) is 12.3. The van der Waals surface area contributed by atoms with Crippen molar-refractivity contribution in [2.45, 2.75) is 66.8 Å². The summed E-state index contributed by atoms with van der Waals surface area (Å²) in [6.07, 6.45) is 1.20. The van der Waals surface area contributed by atoms with Crippen LogP contribution in [0.25, 0.3) is 0 Å². The summed E-state index contributed by atoms with van der Waals surface area (Å²) >= 11 is 0. The fourth-order valence-electron chi connectivity index (χ4n) is 4.25. The molecular formula is C29H43N3O2. The van der Waals surface area contributed by atoms with E-state index in [9.17, 15) is 9.59 Å². The van der Waals surface area contributed by atoms with E-state index >= 15 is 0 Å². The maximum Gasteiger partial charge on any atom is 0.230 e. The highest BCUT2D eigenvalue weighted by molar-refractivity contribution is 5.91. The van der Waals surface area contributed by atoms with Crippen LogP contribution >= 0.6 is 0 Å². The van der Waals surface area contributed by atoms with Crippen molar-refractivity contribution in [1.29, 1.82) is 0 Å². The summed E-state index contributed by atoms with van der Waals surface area (Å²) in [6.45, 7) is 13.7. The molecule has 2 amide bonds. The van der Waals surface area contributed by atoms with Crippen molar-refractivity contribution in [2.75, 3.05) is 30.9 Å². The molecule has 0 spiro atoms. The molecule has 0 aromatic heterocycles. The van der Waals surface area contributed by atoms with Gasteiger partial charge in [0, 0.05) is 45.0 Å². The molecule has 0 radical (unpaired) electrons. The number of hydrogen-bond donors (Lipinski definition) is 1. The lowest BCUT2D eigenvalue weighted by atomic mass is 9.92. The minimum Gasteiger partial charge on any atom is -0.377 e. The van der Waals surface area contributed by atoms with Crippen molar-refractivity contribution in [3.63, 3.8) is 0 Å². The zero-order valence-corrected chi connectivity index (χ0v) is 22.3. The predicted octanol–water partition coefficient (Wildman–Crippen LogP) is 6.31. The molecule has 0 bridgehead atoms. The van der Waals surface area contributed by atoms with Crippen molar-refractivity contribution < 1.29 is 9.59 Å². The molecule has 1 atom stereocenters. The first kappa shape index (κ1) is 27.4. The van der Waals surface area contributed by atoms with Gasteiger partial charge in [0.05, 0.1) is 5.92 Å². The molecule has 0 saturated heterocycles. The van der Waals surface area contributed by atoms with E-state index in [1.54, 1.807) is 0 Å². The van der Waals surface area contributed by atoms with Gasteiger partial charge in [-0.1, -0.05) is 71.9 Å². The van der Waals surface area contributed by atoms with Gasteiger partial charge in [0.15, 0.2) is 0 Å². The summed E-state index contributed by atoms with van der Waals surface area (Å²) < 4.78 is 0. The topological polar surface area (TPSA) is 52.7 Å². The van der Waals surface area contributed by atoms with Crippen LogP contribution in [0.3, 0.4) is 0 Å². The van der Waals surface area contributed by atoms with E-state index in [0.29, 0.717) is 25.4 Å². The number of carbonyl (C=O) groups excluding carboxylic acids is 2. The third-order valence-electron chi connectivity index (χ3n) is 5.70. The van der Waals surface area contributed by atoms with Crippen molar-refractivity contribution in [2.24, 2.45) is 11.3 Å². The molecule has 186 valence electrons. The molecule has 0 unspecified atom stereocenters. The third-order valence-corrected chi connectivity index (χ3v) is 5.70. The Morgan fingerprint density at radius 2 is 1.65 bits per heavy atom. The predicted molar refractivity (Wildman–Crippen MR) is 143 cm³/mol. The molecule has 0 aliphatic carbocycles. The summed E-state index contributed by atoms with van der Waals surface area (Å²) in [4.78, 5) is 30.3. The molecule has 0 aliphatic heterocycles. The zero-order valence-electron chi connectivity index (χ0n) is 22.3. The number of amides is 2. The van der Waals surface area contributed by atoms with Gasteiger partial charge < -0.3 is 15.1 Å². The zero-order chi connectivity index (χ0) is 25.5. The van der Waals surface area contributed by atoms with Gasteiger partial charge in [-0.05, 0) is 47.1 Å². The first-order chi connectivity index (χ1) is 15.9. The summed E-state index contributed by atoms with van der Waals surface area (Å²) in [5.41, 5.74) is 3.81. The number of benzene rings is 2. The summed E-state index contributed by atoms with van der Waals surface area (Å²) in [5.74, 6) is 0.322. The Bertz CT molecular complexity index is 946. The molecule has 2 aromatic carbocycles. The van der Waals surface area contributed by atoms with Crippen LogP contribution in [0, 0.1) is 11.3 Å². The van der Waals surface area contributed by atoms with Crippen molar-refractivity contribution in [3.05, 3.63) is 59.7 Å². The monoisotopic (exact) mass is 465 g/mol. The van der Waals surface area contributed by atoms with E-state index in [-0.39, 0.29) is 23.1 Å². The van der Waals surface area contributed by atoms with Gasteiger partial charge in [-0.3, -0.25) is 9.59 Å². The molecule has 34 heavy (non-hydrogen) atoms. The highest BCUT2D eigenvalue weighted by Crippen LogP contribution is 2.29. The fraction of sp³-hybridized carbons (Fsp3) is 0.517. The van der Waals surface area contributed by atoms with E-state index in [2.05, 4.69) is 51.8 Å². The number of hydrogen-bond acceptors (Lipinski definition) is 3. The molecule has 1 N–H and O–H groups in total. The lowest BCUT2D eigenvalue weighted by Gasteiger charge is -2.30. The Morgan fingerprint density at radius 1 is 1.00 bits per heavy atom. The van der Waals surface area contributed by atoms with Crippen LogP contribution < -0.4 is 10.2 Å². The Kier molecular flexibility index (Phi) is 9.72. The van der Waals surface area contributed by atoms with Gasteiger partial charge in [-0.25, -0.2) is 0 Å². The second-order valence-corrected chi connectivity index (χ2v) is 11.0. The molecule has 0 heterocycles. The van der Waals surface area contributed by atoms with Crippen LogP contribution in [0.4, 0.5) is 11.4 Å². The second-order valence-electron chi connectivity index (χ2n) is 11.0. The highest BCUT2D eigenvalue weighted by Gasteiger charge is 2.26. The van der Waals surface area contributed by atoms with E-state index in [1.165, 1.54) is 0 Å². The molecule has 0 aliphatic rings.